The second-order valence-electron chi connectivity index (χ2n) is 7.28. The molecule has 0 saturated carbocycles. The normalized spacial score (nSPS) is 11.2. The first-order valence-corrected chi connectivity index (χ1v) is 11.0. The molecule has 9 nitrogen and oxygen atoms in total. The standard InChI is InChI=1S/C25H33NO8/c1-29-19-32-14-3-13-31-18-23-17-24(26(27)28)10-9-22(23)8-5-21-6-11-25(12-7-21)34-16-4-15-33-20-30-2/h5-12,17H,3-4,13-16,18-20H2,1-2H3/b8-5+. The van der Waals surface area contributed by atoms with Crippen LogP contribution in [-0.2, 0) is 30.3 Å². The molecule has 0 unspecified atom stereocenters. The first-order valence-electron chi connectivity index (χ1n) is 11.0. The van der Waals surface area contributed by atoms with Crippen molar-refractivity contribution in [3.63, 3.8) is 0 Å². The van der Waals surface area contributed by atoms with E-state index in [-0.39, 0.29) is 25.9 Å². The van der Waals surface area contributed by atoms with Crippen LogP contribution in [0.4, 0.5) is 5.69 Å². The molecule has 0 N–H and O–H groups in total. The lowest BCUT2D eigenvalue weighted by atomic mass is 10.1. The number of ether oxygens (including phenoxy) is 6. The topological polar surface area (TPSA) is 98.5 Å². The summed E-state index contributed by atoms with van der Waals surface area (Å²) in [6.07, 6.45) is 5.35. The summed E-state index contributed by atoms with van der Waals surface area (Å²) >= 11 is 0. The number of methoxy groups -OCH3 is 2. The van der Waals surface area contributed by atoms with Gasteiger partial charge in [-0.1, -0.05) is 24.3 Å². The fourth-order valence-corrected chi connectivity index (χ4v) is 2.94. The van der Waals surface area contributed by atoms with E-state index < -0.39 is 4.92 Å². The fraction of sp³-hybridized carbons (Fsp3) is 0.440. The van der Waals surface area contributed by atoms with Crippen LogP contribution in [0.5, 0.6) is 5.75 Å². The SMILES string of the molecule is COCOCCCOCc1cc([N+](=O)[O-])ccc1/C=C/c1ccc(OCCCOCOC)cc1. The van der Waals surface area contributed by atoms with Crippen molar-refractivity contribution in [3.8, 4) is 5.75 Å². The number of hydrogen-bond donors (Lipinski definition) is 0. The van der Waals surface area contributed by atoms with Gasteiger partial charge < -0.3 is 28.4 Å². The second kappa shape index (κ2) is 16.7. The van der Waals surface area contributed by atoms with E-state index in [1.807, 2.05) is 36.4 Å². The van der Waals surface area contributed by atoms with Gasteiger partial charge in [-0.25, -0.2) is 0 Å². The van der Waals surface area contributed by atoms with Gasteiger partial charge in [-0.2, -0.15) is 0 Å². The average Bonchev–Trinajstić information content (AvgIpc) is 2.85. The molecule has 0 saturated heterocycles. The third kappa shape index (κ3) is 10.9. The number of rotatable bonds is 18. The van der Waals surface area contributed by atoms with Crippen molar-refractivity contribution < 1.29 is 33.3 Å². The zero-order valence-electron chi connectivity index (χ0n) is 19.8. The smallest absolute Gasteiger partial charge is 0.269 e. The Morgan fingerprint density at radius 2 is 1.47 bits per heavy atom. The summed E-state index contributed by atoms with van der Waals surface area (Å²) in [4.78, 5) is 10.8. The monoisotopic (exact) mass is 475 g/mol. The quantitative estimate of drug-likeness (QED) is 0.101. The van der Waals surface area contributed by atoms with Gasteiger partial charge >= 0.3 is 0 Å². The molecule has 0 radical (unpaired) electrons. The van der Waals surface area contributed by atoms with Crippen LogP contribution < -0.4 is 4.74 Å². The van der Waals surface area contributed by atoms with Gasteiger partial charge in [0, 0.05) is 39.4 Å². The first kappa shape index (κ1) is 27.4. The molecule has 0 fully saturated rings. The molecule has 0 aliphatic rings. The Morgan fingerprint density at radius 3 is 2.12 bits per heavy atom. The van der Waals surface area contributed by atoms with Gasteiger partial charge in [-0.05, 0) is 41.3 Å². The predicted octanol–water partition coefficient (Wildman–Crippen LogP) is 4.68. The highest BCUT2D eigenvalue weighted by Gasteiger charge is 2.10. The molecule has 2 rings (SSSR count). The van der Waals surface area contributed by atoms with Crippen molar-refractivity contribution in [1.29, 1.82) is 0 Å². The predicted molar refractivity (Wildman–Crippen MR) is 129 cm³/mol. The Balaban J connectivity index is 1.90. The molecule has 2 aromatic carbocycles. The van der Waals surface area contributed by atoms with Crippen LogP contribution in [0.25, 0.3) is 12.2 Å². The molecule has 2 aromatic rings. The van der Waals surface area contributed by atoms with Crippen molar-refractivity contribution >= 4 is 17.8 Å². The maximum absolute atomic E-state index is 11.2. The van der Waals surface area contributed by atoms with Gasteiger partial charge in [-0.15, -0.1) is 0 Å². The van der Waals surface area contributed by atoms with Crippen LogP contribution in [-0.4, -0.2) is 59.2 Å². The summed E-state index contributed by atoms with van der Waals surface area (Å²) in [6.45, 7) is 2.95. The van der Waals surface area contributed by atoms with Crippen molar-refractivity contribution in [1.82, 2.24) is 0 Å². The zero-order valence-corrected chi connectivity index (χ0v) is 19.8. The Kier molecular flexibility index (Phi) is 13.5. The number of nitro groups is 1. The van der Waals surface area contributed by atoms with E-state index in [1.165, 1.54) is 6.07 Å². The van der Waals surface area contributed by atoms with E-state index in [0.29, 0.717) is 32.8 Å². The van der Waals surface area contributed by atoms with E-state index in [0.717, 1.165) is 28.9 Å². The highest BCUT2D eigenvalue weighted by Crippen LogP contribution is 2.22. The van der Waals surface area contributed by atoms with E-state index in [1.54, 1.807) is 26.4 Å². The Labute approximate surface area is 200 Å². The molecule has 0 spiro atoms. The van der Waals surface area contributed by atoms with Crippen LogP contribution in [0.1, 0.15) is 29.5 Å². The van der Waals surface area contributed by atoms with Gasteiger partial charge in [0.2, 0.25) is 0 Å². The maximum atomic E-state index is 11.2. The van der Waals surface area contributed by atoms with Crippen molar-refractivity contribution in [2.75, 3.05) is 54.2 Å². The third-order valence-corrected chi connectivity index (χ3v) is 4.61. The summed E-state index contributed by atoms with van der Waals surface area (Å²) in [5.41, 5.74) is 2.63. The Morgan fingerprint density at radius 1 is 0.824 bits per heavy atom. The maximum Gasteiger partial charge on any atom is 0.269 e. The van der Waals surface area contributed by atoms with Gasteiger partial charge in [0.25, 0.3) is 5.69 Å². The summed E-state index contributed by atoms with van der Waals surface area (Å²) in [7, 11) is 3.16. The van der Waals surface area contributed by atoms with Gasteiger partial charge in [0.1, 0.15) is 19.3 Å². The van der Waals surface area contributed by atoms with Crippen LogP contribution >= 0.6 is 0 Å². The van der Waals surface area contributed by atoms with Crippen LogP contribution in [0.2, 0.25) is 0 Å². The van der Waals surface area contributed by atoms with E-state index >= 15 is 0 Å². The molecule has 0 aliphatic carbocycles. The summed E-state index contributed by atoms with van der Waals surface area (Å²) in [6, 6.07) is 12.5. The molecule has 9 heteroatoms. The van der Waals surface area contributed by atoms with E-state index in [9.17, 15) is 10.1 Å². The first-order chi connectivity index (χ1) is 16.6. The molecule has 0 atom stereocenters. The second-order valence-corrected chi connectivity index (χ2v) is 7.28. The van der Waals surface area contributed by atoms with Crippen molar-refractivity contribution in [2.45, 2.75) is 19.4 Å². The van der Waals surface area contributed by atoms with Crippen LogP contribution in [0.3, 0.4) is 0 Å². The number of nitrogens with zero attached hydrogens (tertiary/aromatic N) is 1. The molecule has 34 heavy (non-hydrogen) atoms. The fourth-order valence-electron chi connectivity index (χ4n) is 2.94. The molecule has 0 amide bonds. The summed E-state index contributed by atoms with van der Waals surface area (Å²) in [5.74, 6) is 0.780. The number of hydrogen-bond acceptors (Lipinski definition) is 8. The minimum absolute atomic E-state index is 0.0355. The lowest BCUT2D eigenvalue weighted by molar-refractivity contribution is -0.385. The van der Waals surface area contributed by atoms with Crippen molar-refractivity contribution in [2.24, 2.45) is 0 Å². The third-order valence-electron chi connectivity index (χ3n) is 4.61. The van der Waals surface area contributed by atoms with Gasteiger partial charge in [0.05, 0.1) is 31.4 Å². The molecule has 0 aliphatic heterocycles. The molecular weight excluding hydrogens is 442 g/mol. The molecular formula is C25H33NO8. The average molecular weight is 476 g/mol. The van der Waals surface area contributed by atoms with Gasteiger partial charge in [-0.3, -0.25) is 10.1 Å². The summed E-state index contributed by atoms with van der Waals surface area (Å²) < 4.78 is 31.5. The van der Waals surface area contributed by atoms with E-state index in [4.69, 9.17) is 28.4 Å². The molecule has 0 heterocycles. The largest absolute Gasteiger partial charge is 0.494 e. The minimum Gasteiger partial charge on any atom is -0.494 e. The van der Waals surface area contributed by atoms with E-state index in [2.05, 4.69) is 0 Å². The number of non-ortho nitro benzene ring substituents is 1. The lowest BCUT2D eigenvalue weighted by Gasteiger charge is -2.09. The van der Waals surface area contributed by atoms with Crippen LogP contribution in [0.15, 0.2) is 42.5 Å². The molecule has 0 bridgehead atoms. The highest BCUT2D eigenvalue weighted by molar-refractivity contribution is 5.72. The summed E-state index contributed by atoms with van der Waals surface area (Å²) in [5, 5.41) is 11.2. The van der Waals surface area contributed by atoms with Crippen molar-refractivity contribution in [3.05, 3.63) is 69.3 Å². The minimum atomic E-state index is -0.405. The Hall–Kier alpha value is -2.82. The van der Waals surface area contributed by atoms with Gasteiger partial charge in [0.15, 0.2) is 0 Å². The molecule has 0 aromatic heterocycles. The highest BCUT2D eigenvalue weighted by atomic mass is 16.7. The number of nitro benzene ring substituents is 1. The lowest BCUT2D eigenvalue weighted by Crippen LogP contribution is -2.04. The molecule has 186 valence electrons. The van der Waals surface area contributed by atoms with Crippen LogP contribution in [0, 0.1) is 10.1 Å². The Bertz CT molecular complexity index is 870. The number of benzene rings is 2. The zero-order chi connectivity index (χ0) is 24.4.